The first-order valence-corrected chi connectivity index (χ1v) is 7.22. The van der Waals surface area contributed by atoms with Crippen LogP contribution < -0.4 is 4.90 Å². The first kappa shape index (κ1) is 14.5. The molecule has 1 aliphatic heterocycles. The number of halogens is 1. The fraction of sp³-hybridized carbons (Fsp3) is 0.0625. The number of benzene rings is 2. The van der Waals surface area contributed by atoms with Crippen LogP contribution in [-0.4, -0.2) is 22.9 Å². The van der Waals surface area contributed by atoms with Crippen LogP contribution in [0, 0.1) is 6.92 Å². The van der Waals surface area contributed by atoms with Crippen LogP contribution in [0.3, 0.4) is 0 Å². The van der Waals surface area contributed by atoms with E-state index in [-0.39, 0.29) is 11.3 Å². The highest BCUT2D eigenvalue weighted by atomic mass is 79.9. The van der Waals surface area contributed by atoms with Gasteiger partial charge in [-0.25, -0.2) is 9.69 Å². The van der Waals surface area contributed by atoms with E-state index in [1.165, 1.54) is 6.07 Å². The molecule has 0 spiro atoms. The van der Waals surface area contributed by atoms with E-state index in [4.69, 9.17) is 0 Å². The Bertz CT molecular complexity index is 809. The van der Waals surface area contributed by atoms with E-state index in [1.54, 1.807) is 37.3 Å². The number of rotatable bonds is 2. The molecule has 2 aromatic rings. The highest BCUT2D eigenvalue weighted by molar-refractivity contribution is 9.10. The number of anilines is 1. The van der Waals surface area contributed by atoms with E-state index in [0.717, 1.165) is 4.90 Å². The second-order valence-electron chi connectivity index (χ2n) is 4.91. The van der Waals surface area contributed by atoms with Gasteiger partial charge >= 0.3 is 5.97 Å². The van der Waals surface area contributed by atoms with E-state index < -0.39 is 17.8 Å². The Kier molecular flexibility index (Phi) is 3.33. The minimum Gasteiger partial charge on any atom is -0.478 e. The molecule has 0 aromatic heterocycles. The Labute approximate surface area is 134 Å². The highest BCUT2D eigenvalue weighted by Crippen LogP contribution is 2.33. The van der Waals surface area contributed by atoms with Crippen molar-refractivity contribution in [3.8, 4) is 0 Å². The quantitative estimate of drug-likeness (QED) is 0.835. The van der Waals surface area contributed by atoms with Gasteiger partial charge in [0.25, 0.3) is 11.8 Å². The van der Waals surface area contributed by atoms with Crippen LogP contribution in [0.25, 0.3) is 0 Å². The van der Waals surface area contributed by atoms with Crippen molar-refractivity contribution >= 4 is 39.4 Å². The normalized spacial score (nSPS) is 13.5. The van der Waals surface area contributed by atoms with Crippen LogP contribution in [0.2, 0.25) is 0 Å². The third-order valence-corrected chi connectivity index (χ3v) is 4.21. The standard InChI is InChI=1S/C16H10BrNO4/c1-8-6-12(17)11(16(21)22)7-13(8)18-14(19)9-4-2-3-5-10(9)15(18)20/h2-7H,1H3,(H,21,22). The van der Waals surface area contributed by atoms with Crippen LogP contribution in [0.15, 0.2) is 40.9 Å². The van der Waals surface area contributed by atoms with Crippen molar-refractivity contribution < 1.29 is 19.5 Å². The van der Waals surface area contributed by atoms with Crippen LogP contribution >= 0.6 is 15.9 Å². The third-order valence-electron chi connectivity index (χ3n) is 3.55. The van der Waals surface area contributed by atoms with E-state index in [2.05, 4.69) is 15.9 Å². The Hall–Kier alpha value is -2.47. The van der Waals surface area contributed by atoms with Crippen LogP contribution in [-0.2, 0) is 0 Å². The molecule has 0 unspecified atom stereocenters. The predicted octanol–water partition coefficient (Wildman–Crippen LogP) is 3.26. The summed E-state index contributed by atoms with van der Waals surface area (Å²) in [5.74, 6) is -2.02. The summed E-state index contributed by atoms with van der Waals surface area (Å²) in [6.07, 6.45) is 0. The van der Waals surface area contributed by atoms with Crippen molar-refractivity contribution in [2.24, 2.45) is 0 Å². The van der Waals surface area contributed by atoms with Gasteiger partial charge in [0.15, 0.2) is 0 Å². The maximum atomic E-state index is 12.5. The third kappa shape index (κ3) is 2.03. The molecule has 1 heterocycles. The van der Waals surface area contributed by atoms with Gasteiger partial charge in [0.05, 0.1) is 22.4 Å². The fourth-order valence-electron chi connectivity index (χ4n) is 2.47. The van der Waals surface area contributed by atoms with Gasteiger partial charge in [-0.1, -0.05) is 12.1 Å². The first-order valence-electron chi connectivity index (χ1n) is 6.43. The molecule has 110 valence electrons. The zero-order chi connectivity index (χ0) is 16.0. The number of nitrogens with zero attached hydrogens (tertiary/aromatic N) is 1. The molecule has 1 N–H and O–H groups in total. The molecule has 0 bridgehead atoms. The van der Waals surface area contributed by atoms with Gasteiger partial charge in [-0.05, 0) is 52.7 Å². The van der Waals surface area contributed by atoms with Crippen LogP contribution in [0.4, 0.5) is 5.69 Å². The molecule has 0 atom stereocenters. The maximum absolute atomic E-state index is 12.5. The lowest BCUT2D eigenvalue weighted by atomic mass is 10.1. The lowest BCUT2D eigenvalue weighted by Crippen LogP contribution is -2.30. The lowest BCUT2D eigenvalue weighted by Gasteiger charge is -2.18. The van der Waals surface area contributed by atoms with Gasteiger partial charge in [0.1, 0.15) is 0 Å². The summed E-state index contributed by atoms with van der Waals surface area (Å²) in [6, 6.07) is 9.46. The lowest BCUT2D eigenvalue weighted by molar-refractivity contribution is 0.0694. The highest BCUT2D eigenvalue weighted by Gasteiger charge is 2.37. The minimum absolute atomic E-state index is 0.00263. The van der Waals surface area contributed by atoms with Crippen LogP contribution in [0.1, 0.15) is 36.6 Å². The molecule has 6 heteroatoms. The molecule has 0 radical (unpaired) electrons. The number of carbonyl (C=O) groups is 3. The summed E-state index contributed by atoms with van der Waals surface area (Å²) in [4.78, 5) is 37.2. The van der Waals surface area contributed by atoms with E-state index in [0.29, 0.717) is 21.2 Å². The summed E-state index contributed by atoms with van der Waals surface area (Å²) < 4.78 is 0.401. The first-order chi connectivity index (χ1) is 10.4. The number of aryl methyl sites for hydroxylation is 1. The number of carbonyl (C=O) groups excluding carboxylic acids is 2. The summed E-state index contributed by atoms with van der Waals surface area (Å²) in [5.41, 5.74) is 1.56. The van der Waals surface area contributed by atoms with Gasteiger partial charge in [0, 0.05) is 4.47 Å². The van der Waals surface area contributed by atoms with Gasteiger partial charge in [-0.3, -0.25) is 9.59 Å². The average Bonchev–Trinajstić information content (AvgIpc) is 2.72. The SMILES string of the molecule is Cc1cc(Br)c(C(=O)O)cc1N1C(=O)c2ccccc2C1=O. The van der Waals surface area contributed by atoms with Gasteiger partial charge in [-0.2, -0.15) is 0 Å². The topological polar surface area (TPSA) is 74.7 Å². The fourth-order valence-corrected chi connectivity index (χ4v) is 3.10. The molecule has 2 aromatic carbocycles. The number of fused-ring (bicyclic) bond motifs is 1. The molecule has 22 heavy (non-hydrogen) atoms. The monoisotopic (exact) mass is 359 g/mol. The predicted molar refractivity (Wildman–Crippen MR) is 83.4 cm³/mol. The van der Waals surface area contributed by atoms with Crippen molar-refractivity contribution in [1.29, 1.82) is 0 Å². The van der Waals surface area contributed by atoms with Crippen molar-refractivity contribution in [1.82, 2.24) is 0 Å². The van der Waals surface area contributed by atoms with Crippen molar-refractivity contribution in [2.45, 2.75) is 6.92 Å². The molecule has 0 saturated carbocycles. The smallest absolute Gasteiger partial charge is 0.336 e. The number of aromatic carboxylic acids is 1. The molecular weight excluding hydrogens is 350 g/mol. The number of imide groups is 1. The van der Waals surface area contributed by atoms with E-state index in [9.17, 15) is 19.5 Å². The number of amides is 2. The largest absolute Gasteiger partial charge is 0.478 e. The summed E-state index contributed by atoms with van der Waals surface area (Å²) in [6.45, 7) is 1.72. The zero-order valence-corrected chi connectivity index (χ0v) is 13.0. The number of hydrogen-bond acceptors (Lipinski definition) is 3. The second-order valence-corrected chi connectivity index (χ2v) is 5.77. The average molecular weight is 360 g/mol. The van der Waals surface area contributed by atoms with Crippen LogP contribution in [0.5, 0.6) is 0 Å². The van der Waals surface area contributed by atoms with E-state index >= 15 is 0 Å². The Morgan fingerprint density at radius 3 is 2.14 bits per heavy atom. The summed E-state index contributed by atoms with van der Waals surface area (Å²) >= 11 is 3.18. The number of carboxylic acids is 1. The van der Waals surface area contributed by atoms with E-state index in [1.807, 2.05) is 0 Å². The molecular formula is C16H10BrNO4. The molecule has 3 rings (SSSR count). The van der Waals surface area contributed by atoms with Crippen molar-refractivity contribution in [3.05, 3.63) is 63.1 Å². The van der Waals surface area contributed by atoms with Gasteiger partial charge < -0.3 is 5.11 Å². The van der Waals surface area contributed by atoms with Gasteiger partial charge in [0.2, 0.25) is 0 Å². The molecule has 0 fully saturated rings. The molecule has 5 nitrogen and oxygen atoms in total. The Morgan fingerprint density at radius 2 is 1.64 bits per heavy atom. The minimum atomic E-state index is -1.13. The zero-order valence-electron chi connectivity index (χ0n) is 11.5. The summed E-state index contributed by atoms with van der Waals surface area (Å²) in [7, 11) is 0. The molecule has 0 saturated heterocycles. The Balaban J connectivity index is 2.18. The number of carboxylic acid groups (broad SMARTS) is 1. The maximum Gasteiger partial charge on any atom is 0.336 e. The number of hydrogen-bond donors (Lipinski definition) is 1. The molecule has 1 aliphatic rings. The second kappa shape index (κ2) is 5.06. The molecule has 2 amide bonds. The Morgan fingerprint density at radius 1 is 1.09 bits per heavy atom. The van der Waals surface area contributed by atoms with Gasteiger partial charge in [-0.15, -0.1) is 0 Å². The molecule has 0 aliphatic carbocycles. The van der Waals surface area contributed by atoms with Crippen molar-refractivity contribution in [3.63, 3.8) is 0 Å². The summed E-state index contributed by atoms with van der Waals surface area (Å²) in [5, 5.41) is 9.21. The van der Waals surface area contributed by atoms with Crippen molar-refractivity contribution in [2.75, 3.05) is 4.90 Å².